The zero-order valence-electron chi connectivity index (χ0n) is 11.8. The van der Waals surface area contributed by atoms with E-state index < -0.39 is 16.0 Å². The van der Waals surface area contributed by atoms with Crippen molar-refractivity contribution < 1.29 is 18.3 Å². The van der Waals surface area contributed by atoms with Crippen LogP contribution < -0.4 is 4.72 Å². The summed E-state index contributed by atoms with van der Waals surface area (Å²) in [5.74, 6) is -1.10. The zero-order valence-corrected chi connectivity index (χ0v) is 12.6. The number of anilines is 1. The minimum Gasteiger partial charge on any atom is -0.478 e. The number of carboxylic acids is 1. The first kappa shape index (κ1) is 15.0. The molecule has 1 heterocycles. The highest BCUT2D eigenvalue weighted by Gasteiger charge is 2.19. The van der Waals surface area contributed by atoms with Crippen LogP contribution >= 0.6 is 0 Å². The fourth-order valence-corrected chi connectivity index (χ4v) is 3.14. The van der Waals surface area contributed by atoms with Crippen molar-refractivity contribution in [3.63, 3.8) is 0 Å². The maximum Gasteiger partial charge on any atom is 0.336 e. The first-order valence-corrected chi connectivity index (χ1v) is 7.56. The summed E-state index contributed by atoms with van der Waals surface area (Å²) in [5, 5.41) is 13.0. The summed E-state index contributed by atoms with van der Waals surface area (Å²) >= 11 is 0. The third-order valence-corrected chi connectivity index (χ3v) is 4.66. The Labute approximate surface area is 122 Å². The predicted molar refractivity (Wildman–Crippen MR) is 76.9 cm³/mol. The molecule has 7 nitrogen and oxygen atoms in total. The predicted octanol–water partition coefficient (Wildman–Crippen LogP) is 1.54. The van der Waals surface area contributed by atoms with Gasteiger partial charge in [0.1, 0.15) is 0 Å². The quantitative estimate of drug-likeness (QED) is 0.892. The SMILES string of the molecule is Cc1cc(NS(=O)(=O)c2ccnn2C)cc(C(=O)O)c1C. The molecule has 0 saturated carbocycles. The number of hydrogen-bond acceptors (Lipinski definition) is 4. The molecule has 0 bridgehead atoms. The number of carbonyl (C=O) groups is 1. The van der Waals surface area contributed by atoms with Gasteiger partial charge in [-0.2, -0.15) is 13.5 Å². The normalized spacial score (nSPS) is 11.4. The lowest BCUT2D eigenvalue weighted by Crippen LogP contribution is -2.17. The molecule has 0 aliphatic heterocycles. The second-order valence-corrected chi connectivity index (χ2v) is 6.30. The van der Waals surface area contributed by atoms with Crippen LogP contribution in [0.4, 0.5) is 5.69 Å². The number of rotatable bonds is 4. The van der Waals surface area contributed by atoms with E-state index >= 15 is 0 Å². The summed E-state index contributed by atoms with van der Waals surface area (Å²) < 4.78 is 28.1. The highest BCUT2D eigenvalue weighted by atomic mass is 32.2. The summed E-state index contributed by atoms with van der Waals surface area (Å²) in [5.41, 5.74) is 1.57. The van der Waals surface area contributed by atoms with E-state index in [0.29, 0.717) is 11.1 Å². The monoisotopic (exact) mass is 309 g/mol. The van der Waals surface area contributed by atoms with E-state index in [-0.39, 0.29) is 16.3 Å². The molecule has 1 aromatic heterocycles. The smallest absolute Gasteiger partial charge is 0.336 e. The van der Waals surface area contributed by atoms with Crippen LogP contribution in [0.3, 0.4) is 0 Å². The Bertz CT molecular complexity index is 809. The average molecular weight is 309 g/mol. The van der Waals surface area contributed by atoms with Gasteiger partial charge in [-0.15, -0.1) is 0 Å². The number of aryl methyl sites for hydroxylation is 2. The van der Waals surface area contributed by atoms with Crippen LogP contribution in [-0.4, -0.2) is 29.3 Å². The van der Waals surface area contributed by atoms with Crippen molar-refractivity contribution in [3.8, 4) is 0 Å². The number of hydrogen-bond donors (Lipinski definition) is 2. The lowest BCUT2D eigenvalue weighted by molar-refractivity contribution is 0.0696. The number of nitrogens with one attached hydrogen (secondary N) is 1. The van der Waals surface area contributed by atoms with Crippen LogP contribution in [0.5, 0.6) is 0 Å². The topological polar surface area (TPSA) is 101 Å². The van der Waals surface area contributed by atoms with Crippen LogP contribution in [-0.2, 0) is 17.1 Å². The first-order chi connectivity index (χ1) is 9.72. The number of nitrogens with zero attached hydrogens (tertiary/aromatic N) is 2. The molecule has 21 heavy (non-hydrogen) atoms. The van der Waals surface area contributed by atoms with E-state index in [1.54, 1.807) is 19.9 Å². The highest BCUT2D eigenvalue weighted by Crippen LogP contribution is 2.22. The molecule has 0 unspecified atom stereocenters. The van der Waals surface area contributed by atoms with Crippen molar-refractivity contribution >= 4 is 21.7 Å². The fraction of sp³-hybridized carbons (Fsp3) is 0.231. The van der Waals surface area contributed by atoms with Crippen molar-refractivity contribution in [3.05, 3.63) is 41.1 Å². The summed E-state index contributed by atoms with van der Waals surface area (Å²) in [6.45, 7) is 3.40. The Morgan fingerprint density at radius 3 is 2.52 bits per heavy atom. The lowest BCUT2D eigenvalue weighted by atomic mass is 10.0. The van der Waals surface area contributed by atoms with Crippen LogP contribution in [0, 0.1) is 13.8 Å². The third-order valence-electron chi connectivity index (χ3n) is 3.20. The molecular weight excluding hydrogens is 294 g/mol. The maximum absolute atomic E-state index is 12.2. The van der Waals surface area contributed by atoms with Crippen molar-refractivity contribution in [1.29, 1.82) is 0 Å². The molecule has 0 saturated heterocycles. The maximum atomic E-state index is 12.2. The molecule has 0 amide bonds. The molecule has 2 N–H and O–H groups in total. The fourth-order valence-electron chi connectivity index (χ4n) is 1.97. The Kier molecular flexibility index (Phi) is 3.73. The Morgan fingerprint density at radius 2 is 2.00 bits per heavy atom. The van der Waals surface area contributed by atoms with E-state index in [4.69, 9.17) is 5.11 Å². The van der Waals surface area contributed by atoms with Crippen molar-refractivity contribution in [2.45, 2.75) is 18.9 Å². The minimum atomic E-state index is -3.82. The zero-order chi connectivity index (χ0) is 15.8. The van der Waals surface area contributed by atoms with Crippen LogP contribution in [0.25, 0.3) is 0 Å². The molecule has 2 aromatic rings. The largest absolute Gasteiger partial charge is 0.478 e. The highest BCUT2D eigenvalue weighted by molar-refractivity contribution is 7.92. The molecule has 0 aliphatic carbocycles. The number of aromatic carboxylic acids is 1. The second-order valence-electron chi connectivity index (χ2n) is 4.67. The molecular formula is C13H15N3O4S. The molecule has 2 rings (SSSR count). The van der Waals surface area contributed by atoms with Gasteiger partial charge in [0.25, 0.3) is 10.0 Å². The molecule has 0 aliphatic rings. The molecule has 8 heteroatoms. The molecule has 112 valence electrons. The molecule has 0 atom stereocenters. The lowest BCUT2D eigenvalue weighted by Gasteiger charge is -2.12. The number of aromatic nitrogens is 2. The van der Waals surface area contributed by atoms with Crippen LogP contribution in [0.15, 0.2) is 29.4 Å². The van der Waals surface area contributed by atoms with Crippen molar-refractivity contribution in [1.82, 2.24) is 9.78 Å². The number of benzene rings is 1. The van der Waals surface area contributed by atoms with Gasteiger partial charge in [-0.25, -0.2) is 4.79 Å². The average Bonchev–Trinajstić information content (AvgIpc) is 2.80. The van der Waals surface area contributed by atoms with E-state index in [2.05, 4.69) is 9.82 Å². The van der Waals surface area contributed by atoms with Gasteiger partial charge in [0.15, 0.2) is 5.03 Å². The van der Waals surface area contributed by atoms with Gasteiger partial charge < -0.3 is 5.11 Å². The van der Waals surface area contributed by atoms with E-state index in [1.165, 1.54) is 30.1 Å². The Balaban J connectivity index is 2.45. The first-order valence-electron chi connectivity index (χ1n) is 6.08. The van der Waals surface area contributed by atoms with E-state index in [0.717, 1.165) is 0 Å². The van der Waals surface area contributed by atoms with Gasteiger partial charge in [-0.1, -0.05) is 0 Å². The molecule has 1 aromatic carbocycles. The third kappa shape index (κ3) is 2.89. The van der Waals surface area contributed by atoms with Crippen LogP contribution in [0.2, 0.25) is 0 Å². The molecule has 0 spiro atoms. The van der Waals surface area contributed by atoms with Crippen LogP contribution in [0.1, 0.15) is 21.5 Å². The summed E-state index contributed by atoms with van der Waals surface area (Å²) in [7, 11) is -2.30. The van der Waals surface area contributed by atoms with Crippen molar-refractivity contribution in [2.75, 3.05) is 4.72 Å². The van der Waals surface area contributed by atoms with Gasteiger partial charge in [0.05, 0.1) is 17.4 Å². The second kappa shape index (κ2) is 5.21. The van der Waals surface area contributed by atoms with E-state index in [9.17, 15) is 13.2 Å². The van der Waals surface area contributed by atoms with E-state index in [1.807, 2.05) is 0 Å². The molecule has 0 radical (unpaired) electrons. The van der Waals surface area contributed by atoms with Gasteiger partial charge in [0.2, 0.25) is 0 Å². The minimum absolute atomic E-state index is 0.00222. The Hall–Kier alpha value is -2.35. The van der Waals surface area contributed by atoms with Gasteiger partial charge >= 0.3 is 5.97 Å². The summed E-state index contributed by atoms with van der Waals surface area (Å²) in [4.78, 5) is 11.2. The summed E-state index contributed by atoms with van der Waals surface area (Å²) in [6.07, 6.45) is 1.37. The molecule has 0 fully saturated rings. The number of sulfonamides is 1. The van der Waals surface area contributed by atoms with Gasteiger partial charge in [-0.05, 0) is 43.2 Å². The Morgan fingerprint density at radius 1 is 1.33 bits per heavy atom. The standard InChI is InChI=1S/C13H15N3O4S/c1-8-6-10(7-11(9(8)2)13(17)18)15-21(19,20)12-4-5-14-16(12)3/h4-7,15H,1-3H3,(H,17,18). The summed E-state index contributed by atoms with van der Waals surface area (Å²) in [6, 6.07) is 4.26. The van der Waals surface area contributed by atoms with Gasteiger partial charge in [0, 0.05) is 7.05 Å². The van der Waals surface area contributed by atoms with Gasteiger partial charge in [-0.3, -0.25) is 9.40 Å². The van der Waals surface area contributed by atoms with Crippen molar-refractivity contribution in [2.24, 2.45) is 7.05 Å². The number of carboxylic acid groups (broad SMARTS) is 1.